The van der Waals surface area contributed by atoms with Crippen molar-refractivity contribution < 1.29 is 22.7 Å². The van der Waals surface area contributed by atoms with Crippen molar-refractivity contribution >= 4 is 27.6 Å². The molecule has 0 saturated carbocycles. The maximum absolute atomic E-state index is 13.1. The first kappa shape index (κ1) is 24.1. The molecule has 0 aliphatic rings. The Hall–Kier alpha value is -3.13. The number of anilines is 1. The molecular weight excluding hydrogens is 416 g/mol. The second-order valence-corrected chi connectivity index (χ2v) is 8.84. The summed E-state index contributed by atoms with van der Waals surface area (Å²) in [6.07, 6.45) is 0. The maximum atomic E-state index is 13.1. The van der Waals surface area contributed by atoms with E-state index in [0.29, 0.717) is 18.8 Å². The van der Waals surface area contributed by atoms with E-state index in [4.69, 9.17) is 4.74 Å². The lowest BCUT2D eigenvalue weighted by Crippen LogP contribution is -2.35. The Morgan fingerprint density at radius 1 is 1.00 bits per heavy atom. The molecule has 0 radical (unpaired) electrons. The van der Waals surface area contributed by atoms with Crippen molar-refractivity contribution in [1.82, 2.24) is 4.90 Å². The van der Waals surface area contributed by atoms with Gasteiger partial charge < -0.3 is 9.64 Å². The topological polar surface area (TPSA) is 84.0 Å². The number of hydrogen-bond acceptors (Lipinski definition) is 5. The molecule has 2 aromatic rings. The molecule has 0 spiro atoms. The van der Waals surface area contributed by atoms with Crippen LogP contribution in [0.3, 0.4) is 0 Å². The summed E-state index contributed by atoms with van der Waals surface area (Å²) in [6, 6.07) is 14.3. The number of amides is 1. The Morgan fingerprint density at radius 2 is 1.68 bits per heavy atom. The third kappa shape index (κ3) is 6.18. The summed E-state index contributed by atoms with van der Waals surface area (Å²) in [4.78, 5) is 26.2. The summed E-state index contributed by atoms with van der Waals surface area (Å²) >= 11 is 0. The van der Waals surface area contributed by atoms with Crippen LogP contribution >= 0.6 is 0 Å². The average molecular weight is 445 g/mol. The molecule has 0 bridgehead atoms. The van der Waals surface area contributed by atoms with Crippen molar-refractivity contribution in [3.05, 3.63) is 72.3 Å². The number of carbonyl (C=O) groups is 2. The Balaban J connectivity index is 2.18. The minimum Gasteiger partial charge on any atom is -0.452 e. The first-order chi connectivity index (χ1) is 14.7. The summed E-state index contributed by atoms with van der Waals surface area (Å²) in [7, 11) is -3.88. The van der Waals surface area contributed by atoms with Crippen molar-refractivity contribution in [2.45, 2.75) is 25.7 Å². The largest absolute Gasteiger partial charge is 0.452 e. The normalized spacial score (nSPS) is 10.9. The fourth-order valence-corrected chi connectivity index (χ4v) is 4.52. The molecule has 0 N–H and O–H groups in total. The minimum absolute atomic E-state index is 0.0311. The van der Waals surface area contributed by atoms with Crippen LogP contribution in [0.2, 0.25) is 0 Å². The number of esters is 1. The van der Waals surface area contributed by atoms with Crippen LogP contribution in [0, 0.1) is 0 Å². The molecule has 0 fully saturated rings. The van der Waals surface area contributed by atoms with Crippen LogP contribution < -0.4 is 4.31 Å². The molecule has 0 aromatic heterocycles. The van der Waals surface area contributed by atoms with E-state index in [-0.39, 0.29) is 22.9 Å². The van der Waals surface area contributed by atoms with Gasteiger partial charge in [0.1, 0.15) is 0 Å². The van der Waals surface area contributed by atoms with E-state index in [1.807, 2.05) is 13.8 Å². The second-order valence-electron chi connectivity index (χ2n) is 6.97. The predicted molar refractivity (Wildman–Crippen MR) is 120 cm³/mol. The van der Waals surface area contributed by atoms with Crippen LogP contribution in [0.15, 0.2) is 71.6 Å². The second kappa shape index (κ2) is 10.8. The SMILES string of the molecule is C=C(C)CN(CC)C(=O)COC(=O)c1cccc(S(=O)(=O)N(CC)c2ccccc2)c1. The fourth-order valence-electron chi connectivity index (χ4n) is 3.00. The Labute approximate surface area is 184 Å². The summed E-state index contributed by atoms with van der Waals surface area (Å²) in [5.74, 6) is -1.11. The van der Waals surface area contributed by atoms with E-state index in [1.54, 1.807) is 37.3 Å². The number of likely N-dealkylation sites (N-methyl/N-ethyl adjacent to an activating group) is 1. The van der Waals surface area contributed by atoms with Gasteiger partial charge in [-0.25, -0.2) is 13.2 Å². The Morgan fingerprint density at radius 3 is 2.26 bits per heavy atom. The fraction of sp³-hybridized carbons (Fsp3) is 0.304. The van der Waals surface area contributed by atoms with Gasteiger partial charge in [0.05, 0.1) is 16.1 Å². The molecule has 2 rings (SSSR count). The zero-order valence-electron chi connectivity index (χ0n) is 18.1. The highest BCUT2D eigenvalue weighted by Gasteiger charge is 2.25. The van der Waals surface area contributed by atoms with Gasteiger partial charge in [0, 0.05) is 19.6 Å². The van der Waals surface area contributed by atoms with E-state index in [9.17, 15) is 18.0 Å². The van der Waals surface area contributed by atoms with Crippen molar-refractivity contribution in [2.75, 3.05) is 30.5 Å². The molecule has 0 atom stereocenters. The molecule has 1 amide bonds. The van der Waals surface area contributed by atoms with Gasteiger partial charge in [0.2, 0.25) is 0 Å². The highest BCUT2D eigenvalue weighted by molar-refractivity contribution is 7.92. The molecule has 0 unspecified atom stereocenters. The molecular formula is C23H28N2O5S. The number of carbonyl (C=O) groups excluding carboxylic acids is 2. The van der Waals surface area contributed by atoms with Gasteiger partial charge in [-0.05, 0) is 51.1 Å². The van der Waals surface area contributed by atoms with Crippen LogP contribution in [0.5, 0.6) is 0 Å². The van der Waals surface area contributed by atoms with Gasteiger partial charge in [-0.1, -0.05) is 36.4 Å². The standard InChI is InChI=1S/C23H28N2O5S/c1-5-24(16-18(3)4)22(26)17-30-23(27)19-11-10-14-21(15-19)31(28,29)25(6-2)20-12-8-7-9-13-20/h7-15H,3,5-6,16-17H2,1-2,4H3. The van der Waals surface area contributed by atoms with Crippen LogP contribution in [0.25, 0.3) is 0 Å². The lowest BCUT2D eigenvalue weighted by atomic mass is 10.2. The molecule has 0 aliphatic carbocycles. The number of hydrogen-bond donors (Lipinski definition) is 0. The van der Waals surface area contributed by atoms with Crippen LogP contribution in [-0.2, 0) is 19.6 Å². The highest BCUT2D eigenvalue weighted by atomic mass is 32.2. The Bertz CT molecular complexity index is 1030. The van der Waals surface area contributed by atoms with Gasteiger partial charge in [0.15, 0.2) is 6.61 Å². The summed E-state index contributed by atoms with van der Waals surface area (Å²) in [5.41, 5.74) is 1.40. The van der Waals surface area contributed by atoms with Gasteiger partial charge in [-0.2, -0.15) is 0 Å². The average Bonchev–Trinajstić information content (AvgIpc) is 2.76. The van der Waals surface area contributed by atoms with Gasteiger partial charge >= 0.3 is 5.97 Å². The highest BCUT2D eigenvalue weighted by Crippen LogP contribution is 2.24. The lowest BCUT2D eigenvalue weighted by molar-refractivity contribution is -0.133. The molecule has 166 valence electrons. The quantitative estimate of drug-likeness (QED) is 0.414. The number of nitrogens with zero attached hydrogens (tertiary/aromatic N) is 2. The maximum Gasteiger partial charge on any atom is 0.338 e. The van der Waals surface area contributed by atoms with Crippen LogP contribution in [0.4, 0.5) is 5.69 Å². The van der Waals surface area contributed by atoms with E-state index in [2.05, 4.69) is 6.58 Å². The monoisotopic (exact) mass is 444 g/mol. The minimum atomic E-state index is -3.88. The number of rotatable bonds is 10. The smallest absolute Gasteiger partial charge is 0.338 e. The van der Waals surface area contributed by atoms with Crippen molar-refractivity contribution in [2.24, 2.45) is 0 Å². The van der Waals surface area contributed by atoms with E-state index in [0.717, 1.165) is 5.57 Å². The first-order valence-electron chi connectivity index (χ1n) is 9.97. The molecule has 0 aliphatic heterocycles. The van der Waals surface area contributed by atoms with Gasteiger partial charge in [0.25, 0.3) is 15.9 Å². The lowest BCUT2D eigenvalue weighted by Gasteiger charge is -2.23. The van der Waals surface area contributed by atoms with Crippen molar-refractivity contribution in [3.63, 3.8) is 0 Å². The van der Waals surface area contributed by atoms with Gasteiger partial charge in [-0.3, -0.25) is 9.10 Å². The zero-order chi connectivity index (χ0) is 23.0. The van der Waals surface area contributed by atoms with E-state index >= 15 is 0 Å². The van der Waals surface area contributed by atoms with Gasteiger partial charge in [-0.15, -0.1) is 0 Å². The molecule has 8 heteroatoms. The summed E-state index contributed by atoms with van der Waals surface area (Å²) in [5, 5.41) is 0. The van der Waals surface area contributed by atoms with Crippen molar-refractivity contribution in [1.29, 1.82) is 0 Å². The Kier molecular flexibility index (Phi) is 8.38. The molecule has 0 saturated heterocycles. The number of sulfonamides is 1. The molecule has 7 nitrogen and oxygen atoms in total. The predicted octanol–water partition coefficient (Wildman–Crippen LogP) is 3.48. The van der Waals surface area contributed by atoms with Crippen LogP contribution in [-0.4, -0.2) is 51.4 Å². The number of ether oxygens (including phenoxy) is 1. The van der Waals surface area contributed by atoms with Crippen molar-refractivity contribution in [3.8, 4) is 0 Å². The third-order valence-electron chi connectivity index (χ3n) is 4.51. The number of para-hydroxylation sites is 1. The molecule has 31 heavy (non-hydrogen) atoms. The molecule has 2 aromatic carbocycles. The van der Waals surface area contributed by atoms with E-state index in [1.165, 1.54) is 33.5 Å². The summed E-state index contributed by atoms with van der Waals surface area (Å²) < 4.78 is 32.7. The van der Waals surface area contributed by atoms with E-state index < -0.39 is 22.6 Å². The first-order valence-corrected chi connectivity index (χ1v) is 11.4. The zero-order valence-corrected chi connectivity index (χ0v) is 18.9. The third-order valence-corrected chi connectivity index (χ3v) is 6.41. The van der Waals surface area contributed by atoms with Crippen LogP contribution in [0.1, 0.15) is 31.1 Å². The molecule has 0 heterocycles. The number of benzene rings is 2. The summed E-state index contributed by atoms with van der Waals surface area (Å²) in [6.45, 7) is 9.79.